The van der Waals surface area contributed by atoms with Gasteiger partial charge in [0.15, 0.2) is 0 Å². The number of halogens is 4. The summed E-state index contributed by atoms with van der Waals surface area (Å²) < 4.78 is 54.0. The largest absolute Gasteiger partial charge is 2.00 e. The molecule has 9 heteroatoms. The van der Waals surface area contributed by atoms with Crippen molar-refractivity contribution in [1.29, 1.82) is 0 Å². The molecule has 1 rings (SSSR count). The fourth-order valence-corrected chi connectivity index (χ4v) is 0.884. The van der Waals surface area contributed by atoms with E-state index in [9.17, 15) is 17.3 Å². The SMILES string of the molecule is C1CCCC1.C=S(C)C.F[B-](F)(F)F.[C-]#[O+].[C-]#[O+].[Fe+2]. The van der Waals surface area contributed by atoms with E-state index in [1.54, 1.807) is 0 Å². The molecule has 19 heavy (non-hydrogen) atoms. The van der Waals surface area contributed by atoms with Gasteiger partial charge in [-0.1, -0.05) is 38.0 Å². The van der Waals surface area contributed by atoms with E-state index in [2.05, 4.69) is 31.7 Å². The van der Waals surface area contributed by atoms with Gasteiger partial charge in [0.2, 0.25) is 0 Å². The minimum absolute atomic E-state index is 0. The molecule has 0 aromatic carbocycles. The summed E-state index contributed by atoms with van der Waals surface area (Å²) in [6.45, 7) is 9.00. The molecule has 0 heterocycles. The summed E-state index contributed by atoms with van der Waals surface area (Å²) >= 11 is 0. The van der Waals surface area contributed by atoms with Crippen LogP contribution in [0.4, 0.5) is 17.3 Å². The average Bonchev–Trinajstić information content (AvgIpc) is 2.77. The van der Waals surface area contributed by atoms with E-state index in [1.807, 2.05) is 0 Å². The van der Waals surface area contributed by atoms with Gasteiger partial charge in [-0.3, -0.25) is 0 Å². The predicted molar refractivity (Wildman–Crippen MR) is 67.7 cm³/mol. The van der Waals surface area contributed by atoms with E-state index in [4.69, 9.17) is 9.30 Å². The molecule has 0 N–H and O–H groups in total. The van der Waals surface area contributed by atoms with Crippen molar-refractivity contribution in [2.45, 2.75) is 32.1 Å². The molecule has 0 bridgehead atoms. The Morgan fingerprint density at radius 2 is 0.895 bits per heavy atom. The zero-order valence-electron chi connectivity index (χ0n) is 10.9. The number of hydrogen-bond donors (Lipinski definition) is 0. The van der Waals surface area contributed by atoms with Gasteiger partial charge in [-0.25, -0.2) is 0 Å². The van der Waals surface area contributed by atoms with Crippen molar-refractivity contribution in [3.63, 3.8) is 0 Å². The summed E-state index contributed by atoms with van der Waals surface area (Å²) in [5, 5.41) is 0. The molecule has 1 aliphatic rings. The molecule has 0 saturated heterocycles. The molecule has 0 aliphatic heterocycles. The first-order chi connectivity index (χ1) is 8.23. The van der Waals surface area contributed by atoms with E-state index in [-0.39, 0.29) is 17.1 Å². The number of rotatable bonds is 0. The monoisotopic (exact) mass is 345 g/mol. The second-order valence-electron chi connectivity index (χ2n) is 3.25. The van der Waals surface area contributed by atoms with Crippen molar-refractivity contribution >= 4 is 23.6 Å². The van der Waals surface area contributed by atoms with E-state index in [0.29, 0.717) is 10.5 Å². The smallest absolute Gasteiger partial charge is 2.00 e. The molecule has 2 nitrogen and oxygen atoms in total. The maximum Gasteiger partial charge on any atom is 2.00 e. The second kappa shape index (κ2) is 26.5. The molecule has 1 saturated carbocycles. The van der Waals surface area contributed by atoms with E-state index >= 15 is 0 Å². The van der Waals surface area contributed by atoms with Gasteiger partial charge in [0.1, 0.15) is 0 Å². The zero-order valence-corrected chi connectivity index (χ0v) is 12.8. The maximum atomic E-state index is 9.75. The minimum atomic E-state index is -6.00. The van der Waals surface area contributed by atoms with Gasteiger partial charge < -0.3 is 17.3 Å². The summed E-state index contributed by atoms with van der Waals surface area (Å²) in [4.78, 5) is 0. The molecule has 0 atom stereocenters. The van der Waals surface area contributed by atoms with E-state index in [1.165, 1.54) is 32.1 Å². The quantitative estimate of drug-likeness (QED) is 0.208. The first kappa shape index (κ1) is 31.4. The van der Waals surface area contributed by atoms with Crippen LogP contribution in [0.25, 0.3) is 0 Å². The number of hydrogen-bond acceptors (Lipinski definition) is 0. The molecular formula is C10H18BF4FeO2S+. The van der Waals surface area contributed by atoms with Crippen molar-refractivity contribution in [2.75, 3.05) is 12.5 Å². The Labute approximate surface area is 125 Å². The summed E-state index contributed by atoms with van der Waals surface area (Å²) in [5.41, 5.74) is 0. The maximum absolute atomic E-state index is 9.75. The van der Waals surface area contributed by atoms with Crippen LogP contribution < -0.4 is 0 Å². The Balaban J connectivity index is -0.0000000448. The summed E-state index contributed by atoms with van der Waals surface area (Å²) in [6.07, 6.45) is 11.7. The first-order valence-electron chi connectivity index (χ1n) is 4.89. The third-order valence-electron chi connectivity index (χ3n) is 1.25. The van der Waals surface area contributed by atoms with Crippen molar-refractivity contribution < 1.29 is 43.6 Å². The fourth-order valence-electron chi connectivity index (χ4n) is 0.884. The molecule has 114 valence electrons. The normalized spacial score (nSPS) is 11.5. The van der Waals surface area contributed by atoms with Crippen LogP contribution in [0.5, 0.6) is 0 Å². The Bertz CT molecular complexity index is 195. The molecule has 1 aliphatic carbocycles. The van der Waals surface area contributed by atoms with Gasteiger partial charge in [-0.05, 0) is 12.5 Å². The third kappa shape index (κ3) is 184. The van der Waals surface area contributed by atoms with Crippen LogP contribution in [-0.4, -0.2) is 25.6 Å². The fraction of sp³-hybridized carbons (Fsp3) is 0.700. The molecule has 0 amide bonds. The summed E-state index contributed by atoms with van der Waals surface area (Å²) in [6, 6.07) is 0. The molecule has 0 aromatic heterocycles. The van der Waals surface area contributed by atoms with Gasteiger partial charge in [0.25, 0.3) is 0 Å². The van der Waals surface area contributed by atoms with Gasteiger partial charge in [0, 0.05) is 0 Å². The zero-order chi connectivity index (χ0) is 15.6. The second-order valence-corrected chi connectivity index (χ2v) is 5.22. The van der Waals surface area contributed by atoms with Crippen LogP contribution in [-0.2, 0) is 26.4 Å². The Morgan fingerprint density at radius 3 is 0.947 bits per heavy atom. The van der Waals surface area contributed by atoms with Crippen LogP contribution in [0.2, 0.25) is 0 Å². The molecule has 0 radical (unpaired) electrons. The average molecular weight is 345 g/mol. The van der Waals surface area contributed by atoms with Gasteiger partial charge >= 0.3 is 46.9 Å². The van der Waals surface area contributed by atoms with Crippen LogP contribution in [0, 0.1) is 13.3 Å². The Kier molecular flexibility index (Phi) is 43.9. The Hall–Kier alpha value is 0.00442. The topological polar surface area (TPSA) is 39.8 Å². The molecule has 0 spiro atoms. The van der Waals surface area contributed by atoms with E-state index in [0.717, 1.165) is 0 Å². The van der Waals surface area contributed by atoms with Crippen LogP contribution >= 0.6 is 10.5 Å². The summed E-state index contributed by atoms with van der Waals surface area (Å²) in [5.74, 6) is 3.67. The molecule has 1 fully saturated rings. The van der Waals surface area contributed by atoms with Gasteiger partial charge in [-0.15, -0.1) is 0 Å². The predicted octanol–water partition coefficient (Wildman–Crippen LogP) is 4.12. The van der Waals surface area contributed by atoms with Crippen molar-refractivity contribution in [2.24, 2.45) is 0 Å². The third-order valence-corrected chi connectivity index (χ3v) is 1.25. The van der Waals surface area contributed by atoms with Crippen molar-refractivity contribution in [3.8, 4) is 0 Å². The Morgan fingerprint density at radius 1 is 0.842 bits per heavy atom. The first-order valence-corrected chi connectivity index (χ1v) is 7.10. The van der Waals surface area contributed by atoms with Crippen molar-refractivity contribution in [1.82, 2.24) is 0 Å². The minimum Gasteiger partial charge on any atom is 2.00 e. The van der Waals surface area contributed by atoms with Gasteiger partial charge in [-0.2, -0.15) is 10.5 Å². The molecular weight excluding hydrogens is 327 g/mol. The molecule has 0 unspecified atom stereocenters. The van der Waals surface area contributed by atoms with Crippen molar-refractivity contribution in [3.05, 3.63) is 13.3 Å². The van der Waals surface area contributed by atoms with Crippen LogP contribution in [0.3, 0.4) is 0 Å². The van der Waals surface area contributed by atoms with E-state index < -0.39 is 7.25 Å². The molecule has 0 aromatic rings. The van der Waals surface area contributed by atoms with Gasteiger partial charge in [0.05, 0.1) is 0 Å². The standard InChI is InChI=1S/C5H10.C3H8S.2CO.BF4.Fe/c1-2-4-5-3-1;1-4(2)3;2*1-2;2-1(3,4)5;/h1-5H2;1H2,2-3H3;;;;/q;;;;-1;+2. The van der Waals surface area contributed by atoms with Crippen LogP contribution in [0.1, 0.15) is 32.1 Å². The summed E-state index contributed by atoms with van der Waals surface area (Å²) in [7, 11) is -5.61. The van der Waals surface area contributed by atoms with Crippen LogP contribution in [0.15, 0.2) is 0 Å².